The van der Waals surface area contributed by atoms with Gasteiger partial charge in [-0.2, -0.15) is 0 Å². The molecule has 36 heavy (non-hydrogen) atoms. The molecular formula is C32H44OS3. The number of hydrogen-bond donors (Lipinski definition) is 0. The molecule has 0 radical (unpaired) electrons. The fourth-order valence-corrected chi connectivity index (χ4v) is 8.08. The van der Waals surface area contributed by atoms with E-state index in [1.807, 2.05) is 23.1 Å². The van der Waals surface area contributed by atoms with Crippen molar-refractivity contribution in [3.05, 3.63) is 56.6 Å². The normalized spacial score (nSPS) is 11.3. The van der Waals surface area contributed by atoms with Gasteiger partial charge in [0.1, 0.15) is 0 Å². The van der Waals surface area contributed by atoms with Crippen LogP contribution < -0.4 is 0 Å². The monoisotopic (exact) mass is 540 g/mol. The van der Waals surface area contributed by atoms with Crippen LogP contribution in [0, 0.1) is 6.92 Å². The number of hydrogen-bond acceptors (Lipinski definition) is 4. The zero-order valence-corrected chi connectivity index (χ0v) is 25.0. The van der Waals surface area contributed by atoms with E-state index in [4.69, 9.17) is 0 Å². The molecular weight excluding hydrogens is 497 g/mol. The van der Waals surface area contributed by atoms with Gasteiger partial charge in [-0.15, -0.1) is 22.7 Å². The fraction of sp³-hybridized carbons (Fsp3) is 0.531. The summed E-state index contributed by atoms with van der Waals surface area (Å²) in [7, 11) is 0. The van der Waals surface area contributed by atoms with Crippen molar-refractivity contribution in [3.8, 4) is 11.1 Å². The third kappa shape index (κ3) is 9.50. The molecule has 0 saturated heterocycles. The average Bonchev–Trinajstić information content (AvgIpc) is 3.48. The minimum absolute atomic E-state index is 0.894. The first-order chi connectivity index (χ1) is 17.6. The SMILES string of the molecule is CCCCCCCCc1cc(-c2cc(CCCCCCCC)sc2Sc2ccc(C)cc2)c(C=O)s1. The van der Waals surface area contributed by atoms with Gasteiger partial charge in [0.05, 0.1) is 9.09 Å². The third-order valence-electron chi connectivity index (χ3n) is 6.74. The van der Waals surface area contributed by atoms with E-state index in [0.29, 0.717) is 0 Å². The predicted octanol–water partition coefficient (Wildman–Crippen LogP) is 11.6. The Balaban J connectivity index is 1.75. The molecule has 1 aromatic carbocycles. The molecule has 3 rings (SSSR count). The Hall–Kier alpha value is -1.36. The molecule has 2 heterocycles. The molecule has 0 aliphatic rings. The summed E-state index contributed by atoms with van der Waals surface area (Å²) in [5, 5.41) is 0. The van der Waals surface area contributed by atoms with Gasteiger partial charge in [0.25, 0.3) is 0 Å². The molecule has 1 nitrogen and oxygen atoms in total. The summed E-state index contributed by atoms with van der Waals surface area (Å²) in [6, 6.07) is 13.5. The van der Waals surface area contributed by atoms with Crippen molar-refractivity contribution in [1.29, 1.82) is 0 Å². The van der Waals surface area contributed by atoms with Gasteiger partial charge in [0.15, 0.2) is 6.29 Å². The number of carbonyl (C=O) groups excluding carboxylic acids is 1. The Kier molecular flexibility index (Phi) is 13.4. The van der Waals surface area contributed by atoms with Gasteiger partial charge in [-0.05, 0) is 56.9 Å². The maximum atomic E-state index is 12.1. The molecule has 0 atom stereocenters. The number of aryl methyl sites for hydroxylation is 3. The maximum Gasteiger partial charge on any atom is 0.160 e. The second kappa shape index (κ2) is 16.5. The van der Waals surface area contributed by atoms with Gasteiger partial charge in [0.2, 0.25) is 0 Å². The van der Waals surface area contributed by atoms with Gasteiger partial charge >= 0.3 is 0 Å². The molecule has 0 bridgehead atoms. The number of thiophene rings is 2. The largest absolute Gasteiger partial charge is 0.297 e. The van der Waals surface area contributed by atoms with Gasteiger partial charge in [-0.25, -0.2) is 0 Å². The summed E-state index contributed by atoms with van der Waals surface area (Å²) in [6.07, 6.45) is 19.1. The van der Waals surface area contributed by atoms with E-state index in [1.54, 1.807) is 11.3 Å². The molecule has 0 fully saturated rings. The number of benzene rings is 1. The van der Waals surface area contributed by atoms with E-state index >= 15 is 0 Å². The zero-order valence-electron chi connectivity index (χ0n) is 22.6. The lowest BCUT2D eigenvalue weighted by molar-refractivity contribution is 0.112. The van der Waals surface area contributed by atoms with E-state index in [2.05, 4.69) is 57.2 Å². The summed E-state index contributed by atoms with van der Waals surface area (Å²) < 4.78 is 1.33. The first-order valence-electron chi connectivity index (χ1n) is 14.1. The third-order valence-corrected chi connectivity index (χ3v) is 10.3. The Morgan fingerprint density at radius 3 is 1.81 bits per heavy atom. The van der Waals surface area contributed by atoms with Gasteiger partial charge < -0.3 is 0 Å². The van der Waals surface area contributed by atoms with Crippen molar-refractivity contribution in [1.82, 2.24) is 0 Å². The fourth-order valence-electron chi connectivity index (χ4n) is 4.56. The van der Waals surface area contributed by atoms with Crippen LogP contribution in [0.1, 0.15) is 116 Å². The Morgan fingerprint density at radius 2 is 1.22 bits per heavy atom. The molecule has 2 aromatic heterocycles. The van der Waals surface area contributed by atoms with Gasteiger partial charge in [-0.1, -0.05) is 108 Å². The smallest absolute Gasteiger partial charge is 0.160 e. The molecule has 0 unspecified atom stereocenters. The molecule has 4 heteroatoms. The summed E-state index contributed by atoms with van der Waals surface area (Å²) in [4.78, 5) is 17.1. The van der Waals surface area contributed by atoms with Crippen LogP contribution in [0.5, 0.6) is 0 Å². The topological polar surface area (TPSA) is 17.1 Å². The van der Waals surface area contributed by atoms with Crippen molar-refractivity contribution in [2.75, 3.05) is 0 Å². The van der Waals surface area contributed by atoms with Gasteiger partial charge in [0, 0.05) is 25.8 Å². The molecule has 0 N–H and O–H groups in total. The van der Waals surface area contributed by atoms with Crippen LogP contribution in [0.2, 0.25) is 0 Å². The molecule has 0 aliphatic carbocycles. The average molecular weight is 541 g/mol. The van der Waals surface area contributed by atoms with Crippen LogP contribution in [-0.2, 0) is 12.8 Å². The highest BCUT2D eigenvalue weighted by atomic mass is 32.2. The first kappa shape index (κ1) is 29.2. The van der Waals surface area contributed by atoms with E-state index in [-0.39, 0.29) is 0 Å². The van der Waals surface area contributed by atoms with Crippen LogP contribution >= 0.6 is 34.4 Å². The second-order valence-electron chi connectivity index (χ2n) is 9.97. The number of aldehydes is 1. The lowest BCUT2D eigenvalue weighted by Gasteiger charge is -2.04. The molecule has 0 saturated carbocycles. The van der Waals surface area contributed by atoms with Crippen LogP contribution in [0.15, 0.2) is 45.5 Å². The maximum absolute atomic E-state index is 12.1. The summed E-state index contributed by atoms with van der Waals surface area (Å²) >= 11 is 5.49. The first-order valence-corrected chi connectivity index (χ1v) is 16.5. The van der Waals surface area contributed by atoms with Crippen LogP contribution in [-0.4, -0.2) is 6.29 Å². The second-order valence-corrected chi connectivity index (χ2v) is 13.6. The van der Waals surface area contributed by atoms with Crippen molar-refractivity contribution < 1.29 is 4.79 Å². The Morgan fingerprint density at radius 1 is 0.694 bits per heavy atom. The minimum Gasteiger partial charge on any atom is -0.297 e. The highest BCUT2D eigenvalue weighted by Gasteiger charge is 2.18. The summed E-state index contributed by atoms with van der Waals surface area (Å²) in [5.41, 5.74) is 3.70. The number of carbonyl (C=O) groups is 1. The lowest BCUT2D eigenvalue weighted by Crippen LogP contribution is -1.83. The Labute approximate surface area is 232 Å². The van der Waals surface area contributed by atoms with Crippen molar-refractivity contribution in [3.63, 3.8) is 0 Å². The minimum atomic E-state index is 0.894. The molecule has 196 valence electrons. The molecule has 0 aliphatic heterocycles. The standard InChI is InChI=1S/C32H44OS3/c1-4-6-8-10-12-14-16-27-22-29(31(24-33)34-27)30-23-28(17-15-13-11-9-7-5-2)36-32(30)35-26-20-18-25(3)19-21-26/h18-24H,4-17H2,1-3H3. The zero-order chi connectivity index (χ0) is 25.6. The predicted molar refractivity (Wildman–Crippen MR) is 162 cm³/mol. The van der Waals surface area contributed by atoms with E-state index < -0.39 is 0 Å². The number of unbranched alkanes of at least 4 members (excludes halogenated alkanes) is 10. The number of rotatable bonds is 18. The van der Waals surface area contributed by atoms with E-state index in [1.165, 1.54) is 107 Å². The van der Waals surface area contributed by atoms with Gasteiger partial charge in [-0.3, -0.25) is 4.79 Å². The van der Waals surface area contributed by atoms with Crippen molar-refractivity contribution >= 4 is 40.7 Å². The Bertz CT molecular complexity index is 1030. The summed E-state index contributed by atoms with van der Waals surface area (Å²) in [6.45, 7) is 6.68. The van der Waals surface area contributed by atoms with Crippen LogP contribution in [0.25, 0.3) is 11.1 Å². The summed E-state index contributed by atoms with van der Waals surface area (Å²) in [5.74, 6) is 0. The van der Waals surface area contributed by atoms with Crippen LogP contribution in [0.4, 0.5) is 0 Å². The molecule has 0 spiro atoms. The van der Waals surface area contributed by atoms with E-state index in [0.717, 1.165) is 29.6 Å². The van der Waals surface area contributed by atoms with Crippen molar-refractivity contribution in [2.45, 2.75) is 120 Å². The molecule has 3 aromatic rings. The highest BCUT2D eigenvalue weighted by Crippen LogP contribution is 2.45. The molecule has 0 amide bonds. The van der Waals surface area contributed by atoms with E-state index in [9.17, 15) is 4.79 Å². The lowest BCUT2D eigenvalue weighted by atomic mass is 10.1. The highest BCUT2D eigenvalue weighted by molar-refractivity contribution is 8.01. The van der Waals surface area contributed by atoms with Crippen LogP contribution in [0.3, 0.4) is 0 Å². The quantitative estimate of drug-likeness (QED) is 0.118. The van der Waals surface area contributed by atoms with Crippen molar-refractivity contribution in [2.24, 2.45) is 0 Å².